The van der Waals surface area contributed by atoms with Gasteiger partial charge in [-0.2, -0.15) is 0 Å². The van der Waals surface area contributed by atoms with Gasteiger partial charge in [0.15, 0.2) is 0 Å². The van der Waals surface area contributed by atoms with E-state index in [1.54, 1.807) is 4.90 Å². The predicted octanol–water partition coefficient (Wildman–Crippen LogP) is 2.47. The van der Waals surface area contributed by atoms with Gasteiger partial charge in [0.25, 0.3) is 0 Å². The topological polar surface area (TPSA) is 55.6 Å². The number of benzene rings is 1. The number of halogens is 3. The Labute approximate surface area is 127 Å². The Hall–Kier alpha value is -1.76. The second-order valence-electron chi connectivity index (χ2n) is 5.59. The van der Waals surface area contributed by atoms with Crippen molar-refractivity contribution in [2.75, 3.05) is 6.54 Å². The number of piperidine rings is 1. The van der Waals surface area contributed by atoms with Crippen molar-refractivity contribution in [2.45, 2.75) is 44.6 Å². The summed E-state index contributed by atoms with van der Waals surface area (Å²) in [6.45, 7) is 2.58. The Morgan fingerprint density at radius 1 is 1.36 bits per heavy atom. The molecule has 1 aliphatic heterocycles. The first kappa shape index (κ1) is 16.6. The lowest BCUT2D eigenvalue weighted by Gasteiger charge is -2.36. The monoisotopic (exact) mass is 316 g/mol. The average Bonchev–Trinajstić information content (AvgIpc) is 2.39. The molecule has 1 fully saturated rings. The number of nitrogens with two attached hydrogens (primary N) is 1. The Bertz CT molecular complexity index is 517. The summed E-state index contributed by atoms with van der Waals surface area (Å²) in [4.78, 5) is 14.1. The maximum absolute atomic E-state index is 12.3. The highest BCUT2D eigenvalue weighted by atomic mass is 19.4. The zero-order valence-electron chi connectivity index (χ0n) is 12.3. The molecule has 1 saturated heterocycles. The fourth-order valence-electron chi connectivity index (χ4n) is 2.66. The van der Waals surface area contributed by atoms with E-state index in [0.717, 1.165) is 12.8 Å². The first-order valence-electron chi connectivity index (χ1n) is 7.14. The first-order valence-corrected chi connectivity index (χ1v) is 7.14. The number of nitrogens with zero attached hydrogens (tertiary/aromatic N) is 1. The molecule has 122 valence electrons. The van der Waals surface area contributed by atoms with E-state index in [9.17, 15) is 18.0 Å². The minimum atomic E-state index is -4.71. The molecular formula is C15H19F3N2O2. The van der Waals surface area contributed by atoms with Crippen LogP contribution in [-0.4, -0.2) is 35.8 Å². The van der Waals surface area contributed by atoms with Crippen molar-refractivity contribution in [3.05, 3.63) is 29.8 Å². The van der Waals surface area contributed by atoms with E-state index < -0.39 is 6.36 Å². The summed E-state index contributed by atoms with van der Waals surface area (Å²) < 4.78 is 40.0. The zero-order chi connectivity index (χ0) is 16.3. The van der Waals surface area contributed by atoms with Gasteiger partial charge in [-0.25, -0.2) is 0 Å². The highest BCUT2D eigenvalue weighted by Gasteiger charge is 2.31. The smallest absolute Gasteiger partial charge is 0.406 e. The van der Waals surface area contributed by atoms with E-state index in [2.05, 4.69) is 4.74 Å². The van der Waals surface area contributed by atoms with E-state index >= 15 is 0 Å². The van der Waals surface area contributed by atoms with Crippen LogP contribution in [-0.2, 0) is 11.2 Å². The van der Waals surface area contributed by atoms with Crippen LogP contribution in [0, 0.1) is 0 Å². The molecule has 7 heteroatoms. The average molecular weight is 316 g/mol. The van der Waals surface area contributed by atoms with Gasteiger partial charge < -0.3 is 15.4 Å². The van der Waals surface area contributed by atoms with Crippen molar-refractivity contribution in [1.82, 2.24) is 4.90 Å². The molecule has 0 saturated carbocycles. The van der Waals surface area contributed by atoms with Gasteiger partial charge in [0.05, 0.1) is 6.42 Å². The van der Waals surface area contributed by atoms with Crippen LogP contribution in [0.3, 0.4) is 0 Å². The number of likely N-dealkylation sites (tertiary alicyclic amines) is 1. The minimum absolute atomic E-state index is 0.0381. The second-order valence-corrected chi connectivity index (χ2v) is 5.59. The molecule has 22 heavy (non-hydrogen) atoms. The molecule has 0 unspecified atom stereocenters. The van der Waals surface area contributed by atoms with Gasteiger partial charge in [-0.05, 0) is 37.5 Å². The normalized spacial score (nSPS) is 22.5. The van der Waals surface area contributed by atoms with Crippen LogP contribution in [0.25, 0.3) is 0 Å². The zero-order valence-corrected chi connectivity index (χ0v) is 12.3. The molecule has 0 radical (unpaired) electrons. The van der Waals surface area contributed by atoms with Crippen molar-refractivity contribution in [3.63, 3.8) is 0 Å². The molecule has 0 bridgehead atoms. The Kier molecular flexibility index (Phi) is 4.95. The van der Waals surface area contributed by atoms with Crippen LogP contribution >= 0.6 is 0 Å². The third-order valence-electron chi connectivity index (χ3n) is 3.75. The fraction of sp³-hybridized carbons (Fsp3) is 0.533. The molecule has 0 spiro atoms. The number of amides is 1. The lowest BCUT2D eigenvalue weighted by atomic mass is 9.98. The molecule has 0 aliphatic carbocycles. The highest BCUT2D eigenvalue weighted by molar-refractivity contribution is 5.79. The van der Waals surface area contributed by atoms with E-state index in [4.69, 9.17) is 5.73 Å². The SMILES string of the molecule is C[C@H]1C[C@H](N)CCN1C(=O)Cc1ccc(OC(F)(F)F)cc1. The van der Waals surface area contributed by atoms with Crippen molar-refractivity contribution in [3.8, 4) is 5.75 Å². The fourth-order valence-corrected chi connectivity index (χ4v) is 2.66. The number of alkyl halides is 3. The molecule has 1 aliphatic rings. The van der Waals surface area contributed by atoms with Crippen LogP contribution in [0.5, 0.6) is 5.75 Å². The van der Waals surface area contributed by atoms with Crippen LogP contribution in [0.4, 0.5) is 13.2 Å². The molecule has 1 heterocycles. The van der Waals surface area contributed by atoms with Gasteiger partial charge in [-0.3, -0.25) is 4.79 Å². The van der Waals surface area contributed by atoms with Crippen LogP contribution in [0.15, 0.2) is 24.3 Å². The summed E-state index contributed by atoms with van der Waals surface area (Å²) in [5, 5.41) is 0. The summed E-state index contributed by atoms with van der Waals surface area (Å²) in [7, 11) is 0. The van der Waals surface area contributed by atoms with Crippen molar-refractivity contribution in [2.24, 2.45) is 5.73 Å². The molecule has 0 aromatic heterocycles. The summed E-state index contributed by atoms with van der Waals surface area (Å²) in [5.41, 5.74) is 6.52. The van der Waals surface area contributed by atoms with Gasteiger partial charge in [0.2, 0.25) is 5.91 Å². The van der Waals surface area contributed by atoms with E-state index in [1.807, 2.05) is 6.92 Å². The maximum Gasteiger partial charge on any atom is 0.573 e. The molecule has 2 atom stereocenters. The van der Waals surface area contributed by atoms with E-state index in [-0.39, 0.29) is 30.2 Å². The second kappa shape index (κ2) is 6.56. The van der Waals surface area contributed by atoms with Gasteiger partial charge in [-0.15, -0.1) is 13.2 Å². The van der Waals surface area contributed by atoms with Crippen LogP contribution in [0.1, 0.15) is 25.3 Å². The van der Waals surface area contributed by atoms with Crippen LogP contribution < -0.4 is 10.5 Å². The molecular weight excluding hydrogens is 297 g/mol. The lowest BCUT2D eigenvalue weighted by Crippen LogP contribution is -2.48. The Morgan fingerprint density at radius 2 is 2.00 bits per heavy atom. The number of carbonyl (C=O) groups excluding carboxylic acids is 1. The molecule has 4 nitrogen and oxygen atoms in total. The number of ether oxygens (including phenoxy) is 1. The van der Waals surface area contributed by atoms with Gasteiger partial charge in [0, 0.05) is 18.6 Å². The quantitative estimate of drug-likeness (QED) is 0.932. The third kappa shape index (κ3) is 4.62. The van der Waals surface area contributed by atoms with E-state index in [0.29, 0.717) is 12.1 Å². The van der Waals surface area contributed by atoms with Gasteiger partial charge >= 0.3 is 6.36 Å². The van der Waals surface area contributed by atoms with Gasteiger partial charge in [0.1, 0.15) is 5.75 Å². The number of rotatable bonds is 3. The summed E-state index contributed by atoms with van der Waals surface area (Å²) in [6, 6.07) is 5.58. The molecule has 1 amide bonds. The maximum atomic E-state index is 12.3. The molecule has 1 aromatic rings. The summed E-state index contributed by atoms with van der Waals surface area (Å²) in [5.74, 6) is -0.329. The van der Waals surface area contributed by atoms with E-state index in [1.165, 1.54) is 24.3 Å². The standard InChI is InChI=1S/C15H19F3N2O2/c1-10-8-12(19)6-7-20(10)14(21)9-11-2-4-13(5-3-11)22-15(16,17)18/h2-5,10,12H,6-9,19H2,1H3/t10-,12+/m0/s1. The van der Waals surface area contributed by atoms with Crippen LogP contribution in [0.2, 0.25) is 0 Å². The Morgan fingerprint density at radius 3 is 2.55 bits per heavy atom. The summed E-state index contributed by atoms with van der Waals surface area (Å²) >= 11 is 0. The number of carbonyl (C=O) groups is 1. The van der Waals surface area contributed by atoms with Crippen molar-refractivity contribution < 1.29 is 22.7 Å². The Balaban J connectivity index is 1.94. The molecule has 1 aromatic carbocycles. The number of hydrogen-bond donors (Lipinski definition) is 1. The largest absolute Gasteiger partial charge is 0.573 e. The lowest BCUT2D eigenvalue weighted by molar-refractivity contribution is -0.274. The third-order valence-corrected chi connectivity index (χ3v) is 3.75. The molecule has 2 N–H and O–H groups in total. The highest BCUT2D eigenvalue weighted by Crippen LogP contribution is 2.23. The minimum Gasteiger partial charge on any atom is -0.406 e. The number of hydrogen-bond acceptors (Lipinski definition) is 3. The molecule has 2 rings (SSSR count). The van der Waals surface area contributed by atoms with Crippen molar-refractivity contribution in [1.29, 1.82) is 0 Å². The van der Waals surface area contributed by atoms with Crippen molar-refractivity contribution >= 4 is 5.91 Å². The predicted molar refractivity (Wildman–Crippen MR) is 75.2 cm³/mol. The van der Waals surface area contributed by atoms with Gasteiger partial charge in [-0.1, -0.05) is 12.1 Å². The first-order chi connectivity index (χ1) is 10.2. The summed E-state index contributed by atoms with van der Waals surface area (Å²) in [6.07, 6.45) is -3.01.